The normalized spacial score (nSPS) is 11.9. The van der Waals surface area contributed by atoms with Crippen LogP contribution >= 0.6 is 0 Å². The summed E-state index contributed by atoms with van der Waals surface area (Å²) in [6, 6.07) is 72.7. The van der Waals surface area contributed by atoms with Gasteiger partial charge in [0.15, 0.2) is 5.82 Å². The first-order valence-corrected chi connectivity index (χ1v) is 23.1. The molecule has 0 amide bonds. The lowest BCUT2D eigenvalue weighted by molar-refractivity contribution is 1.11. The molecule has 0 aliphatic heterocycles. The lowest BCUT2D eigenvalue weighted by Gasteiger charge is -2.18. The predicted octanol–water partition coefficient (Wildman–Crippen LogP) is 16.0. The molecule has 0 aliphatic rings. The van der Waals surface area contributed by atoms with Crippen molar-refractivity contribution in [2.24, 2.45) is 0 Å². The maximum Gasteiger partial charge on any atom is 0.160 e. The lowest BCUT2D eigenvalue weighted by atomic mass is 9.99. The van der Waals surface area contributed by atoms with Gasteiger partial charge in [0.25, 0.3) is 0 Å². The van der Waals surface area contributed by atoms with Crippen LogP contribution in [0.15, 0.2) is 200 Å². The SMILES string of the molecule is Cc1ccccc1-c1cc(-c2cc(C)c(-n3c4ccc(-n5c6ccccc6c6ccccc65)cc4c4cc(-n5c6ccccc6c6ccccc65)ccc43)c(C)c2)nc(-c2ccccc2C)n1. The summed E-state index contributed by atoms with van der Waals surface area (Å²) in [4.78, 5) is 10.5. The summed E-state index contributed by atoms with van der Waals surface area (Å²) < 4.78 is 7.34. The Bertz CT molecular complexity index is 3800. The van der Waals surface area contributed by atoms with Gasteiger partial charge in [0, 0.05) is 60.4 Å². The Morgan fingerprint density at radius 1 is 0.299 bits per heavy atom. The smallest absolute Gasteiger partial charge is 0.160 e. The van der Waals surface area contributed by atoms with Gasteiger partial charge in [-0.3, -0.25) is 0 Å². The van der Waals surface area contributed by atoms with Crippen molar-refractivity contribution in [2.45, 2.75) is 27.7 Å². The van der Waals surface area contributed by atoms with E-state index in [1.807, 2.05) is 0 Å². The summed E-state index contributed by atoms with van der Waals surface area (Å²) in [5.74, 6) is 0.730. The maximum atomic E-state index is 5.30. The molecule has 5 heteroatoms. The Morgan fingerprint density at radius 3 is 1.15 bits per heavy atom. The van der Waals surface area contributed by atoms with Crippen LogP contribution < -0.4 is 0 Å². The molecule has 5 nitrogen and oxygen atoms in total. The lowest BCUT2D eigenvalue weighted by Crippen LogP contribution is -2.03. The van der Waals surface area contributed by atoms with Gasteiger partial charge in [-0.15, -0.1) is 0 Å². The molecule has 9 aromatic carbocycles. The molecule has 67 heavy (non-hydrogen) atoms. The summed E-state index contributed by atoms with van der Waals surface area (Å²) in [5, 5.41) is 7.40. The third-order valence-electron chi connectivity index (χ3n) is 14.0. The second kappa shape index (κ2) is 15.0. The zero-order chi connectivity index (χ0) is 44.9. The van der Waals surface area contributed by atoms with Gasteiger partial charge in [0.2, 0.25) is 0 Å². The molecule has 0 radical (unpaired) electrons. The zero-order valence-corrected chi connectivity index (χ0v) is 37.8. The Morgan fingerprint density at radius 2 is 0.687 bits per heavy atom. The number of fused-ring (bicyclic) bond motifs is 9. The number of aryl methyl sites for hydroxylation is 4. The average Bonchev–Trinajstić information content (AvgIpc) is 3.99. The number of nitrogens with zero attached hydrogens (tertiary/aromatic N) is 5. The van der Waals surface area contributed by atoms with Crippen LogP contribution in [0.4, 0.5) is 0 Å². The van der Waals surface area contributed by atoms with Crippen molar-refractivity contribution >= 4 is 65.4 Å². The molecule has 318 valence electrons. The van der Waals surface area contributed by atoms with E-state index in [0.29, 0.717) is 0 Å². The van der Waals surface area contributed by atoms with Crippen molar-refractivity contribution in [2.75, 3.05) is 0 Å². The molecule has 0 spiro atoms. The van der Waals surface area contributed by atoms with Gasteiger partial charge < -0.3 is 13.7 Å². The molecule has 4 aromatic heterocycles. The minimum Gasteiger partial charge on any atom is -0.309 e. The van der Waals surface area contributed by atoms with Crippen LogP contribution in [0.3, 0.4) is 0 Å². The molecule has 13 aromatic rings. The first kappa shape index (κ1) is 38.9. The van der Waals surface area contributed by atoms with E-state index >= 15 is 0 Å². The number of rotatable bonds is 6. The quantitative estimate of drug-likeness (QED) is 0.167. The predicted molar refractivity (Wildman–Crippen MR) is 280 cm³/mol. The third kappa shape index (κ3) is 6.01. The van der Waals surface area contributed by atoms with Crippen molar-refractivity contribution in [3.05, 3.63) is 222 Å². The Labute approximate surface area is 388 Å². The van der Waals surface area contributed by atoms with Crippen LogP contribution in [0.5, 0.6) is 0 Å². The van der Waals surface area contributed by atoms with Gasteiger partial charge in [0.1, 0.15) is 0 Å². The summed E-state index contributed by atoms with van der Waals surface area (Å²) in [6.07, 6.45) is 0. The van der Waals surface area contributed by atoms with Gasteiger partial charge in [-0.05, 0) is 129 Å². The van der Waals surface area contributed by atoms with Crippen molar-refractivity contribution in [3.63, 3.8) is 0 Å². The molecule has 0 saturated heterocycles. The molecule has 0 N–H and O–H groups in total. The van der Waals surface area contributed by atoms with Crippen LogP contribution in [-0.4, -0.2) is 23.7 Å². The fourth-order valence-corrected chi connectivity index (χ4v) is 10.9. The number of hydrogen-bond donors (Lipinski definition) is 0. The minimum atomic E-state index is 0.730. The summed E-state index contributed by atoms with van der Waals surface area (Å²) in [7, 11) is 0. The van der Waals surface area contributed by atoms with Gasteiger partial charge in [-0.25, -0.2) is 9.97 Å². The van der Waals surface area contributed by atoms with Crippen molar-refractivity contribution in [1.82, 2.24) is 23.7 Å². The second-order valence-corrected chi connectivity index (χ2v) is 18.0. The van der Waals surface area contributed by atoms with E-state index in [-0.39, 0.29) is 0 Å². The molecule has 0 aliphatic carbocycles. The van der Waals surface area contributed by atoms with Gasteiger partial charge in [-0.2, -0.15) is 0 Å². The number of hydrogen-bond acceptors (Lipinski definition) is 2. The molecule has 4 heterocycles. The number of aromatic nitrogens is 5. The largest absolute Gasteiger partial charge is 0.309 e. The highest BCUT2D eigenvalue weighted by Crippen LogP contribution is 2.41. The van der Waals surface area contributed by atoms with E-state index < -0.39 is 0 Å². The van der Waals surface area contributed by atoms with E-state index in [9.17, 15) is 0 Å². The Hall–Kier alpha value is -8.54. The summed E-state index contributed by atoms with van der Waals surface area (Å²) in [6.45, 7) is 8.77. The highest BCUT2D eigenvalue weighted by Gasteiger charge is 2.22. The van der Waals surface area contributed by atoms with Crippen LogP contribution in [0, 0.1) is 27.7 Å². The van der Waals surface area contributed by atoms with Gasteiger partial charge >= 0.3 is 0 Å². The fourth-order valence-electron chi connectivity index (χ4n) is 10.9. The van der Waals surface area contributed by atoms with E-state index in [0.717, 1.165) is 61.9 Å². The minimum absolute atomic E-state index is 0.730. The molecule has 0 unspecified atom stereocenters. The summed E-state index contributed by atoms with van der Waals surface area (Å²) >= 11 is 0. The molecule has 0 saturated carbocycles. The topological polar surface area (TPSA) is 40.6 Å². The van der Waals surface area contributed by atoms with Crippen LogP contribution in [0.1, 0.15) is 22.3 Å². The van der Waals surface area contributed by atoms with E-state index in [2.05, 4.69) is 242 Å². The monoisotopic (exact) mass is 859 g/mol. The highest BCUT2D eigenvalue weighted by molar-refractivity contribution is 6.14. The first-order valence-electron chi connectivity index (χ1n) is 23.1. The molecule has 0 fully saturated rings. The molecule has 0 bridgehead atoms. The average molecular weight is 860 g/mol. The van der Waals surface area contributed by atoms with E-state index in [1.54, 1.807) is 0 Å². The van der Waals surface area contributed by atoms with Crippen molar-refractivity contribution in [3.8, 4) is 51.0 Å². The molecular weight excluding hydrogens is 815 g/mol. The fraction of sp³-hybridized carbons (Fsp3) is 0.0645. The van der Waals surface area contributed by atoms with Crippen molar-refractivity contribution in [1.29, 1.82) is 0 Å². The molecular formula is C62H45N5. The zero-order valence-electron chi connectivity index (χ0n) is 37.8. The standard InChI is InChI=1S/C62H45N5/c1-38-17-5-7-19-45(38)54-37-53(63-62(64-54)46-20-8-6-18-39(46)2)42-33-40(3)61(41(4)34-42)67-59-31-29-43(65-55-25-13-9-21-47(55)48-22-10-14-26-56(48)65)35-51(59)52-36-44(30-32-60(52)67)66-57-27-15-11-23-49(57)50-24-12-16-28-58(50)66/h5-37H,1-4H3. The van der Waals surface area contributed by atoms with Crippen LogP contribution in [-0.2, 0) is 0 Å². The second-order valence-electron chi connectivity index (χ2n) is 18.0. The van der Waals surface area contributed by atoms with E-state index in [4.69, 9.17) is 9.97 Å². The van der Waals surface area contributed by atoms with Gasteiger partial charge in [0.05, 0.1) is 50.2 Å². The number of para-hydroxylation sites is 4. The van der Waals surface area contributed by atoms with Gasteiger partial charge in [-0.1, -0.05) is 121 Å². The molecule has 13 rings (SSSR count). The Kier molecular flexibility index (Phi) is 8.71. The Balaban J connectivity index is 1.05. The van der Waals surface area contributed by atoms with E-state index in [1.165, 1.54) is 76.8 Å². The van der Waals surface area contributed by atoms with Crippen LogP contribution in [0.2, 0.25) is 0 Å². The first-order chi connectivity index (χ1) is 32.9. The summed E-state index contributed by atoms with van der Waals surface area (Å²) in [5.41, 5.74) is 20.2. The third-order valence-corrected chi connectivity index (χ3v) is 14.0. The van der Waals surface area contributed by atoms with Crippen molar-refractivity contribution < 1.29 is 0 Å². The number of benzene rings is 9. The highest BCUT2D eigenvalue weighted by atomic mass is 15.0. The molecule has 0 atom stereocenters. The van der Waals surface area contributed by atoms with Crippen LogP contribution in [0.25, 0.3) is 116 Å². The maximum absolute atomic E-state index is 5.30.